The molecule has 0 atom stereocenters. The van der Waals surface area contributed by atoms with Crippen LogP contribution < -0.4 is 10.5 Å². The zero-order valence-electron chi connectivity index (χ0n) is 9.27. The number of para-hydroxylation sites is 1. The number of nitrogens with two attached hydrogens (primary N) is 1. The molecule has 0 saturated carbocycles. The molecule has 1 aromatic heterocycles. The van der Waals surface area contributed by atoms with Crippen LogP contribution in [0.1, 0.15) is 11.1 Å². The lowest BCUT2D eigenvalue weighted by molar-refractivity contribution is 0.302. The molecule has 0 saturated heterocycles. The zero-order chi connectivity index (χ0) is 12.1. The van der Waals surface area contributed by atoms with Gasteiger partial charge in [0.1, 0.15) is 18.2 Å². The molecule has 0 unspecified atom stereocenters. The van der Waals surface area contributed by atoms with Crippen molar-refractivity contribution in [2.75, 3.05) is 0 Å². The van der Waals surface area contributed by atoms with Crippen LogP contribution in [0.4, 0.5) is 4.39 Å². The number of rotatable bonds is 4. The van der Waals surface area contributed by atoms with Crippen molar-refractivity contribution in [2.24, 2.45) is 5.73 Å². The van der Waals surface area contributed by atoms with Gasteiger partial charge in [-0.1, -0.05) is 18.2 Å². The van der Waals surface area contributed by atoms with E-state index in [2.05, 4.69) is 4.98 Å². The molecule has 0 aliphatic carbocycles. The van der Waals surface area contributed by atoms with Gasteiger partial charge in [-0.05, 0) is 12.1 Å². The average Bonchev–Trinajstić information content (AvgIpc) is 2.37. The van der Waals surface area contributed by atoms with Crippen LogP contribution in [0.25, 0.3) is 0 Å². The van der Waals surface area contributed by atoms with Crippen molar-refractivity contribution < 1.29 is 9.13 Å². The van der Waals surface area contributed by atoms with Gasteiger partial charge in [-0.25, -0.2) is 4.39 Å². The first-order valence-electron chi connectivity index (χ1n) is 5.30. The van der Waals surface area contributed by atoms with Gasteiger partial charge in [-0.15, -0.1) is 0 Å². The van der Waals surface area contributed by atoms with Gasteiger partial charge >= 0.3 is 0 Å². The molecule has 0 fully saturated rings. The first kappa shape index (κ1) is 11.5. The molecule has 1 heterocycles. The first-order valence-corrected chi connectivity index (χ1v) is 5.30. The summed E-state index contributed by atoms with van der Waals surface area (Å²) in [6.07, 6.45) is 2.74. The summed E-state index contributed by atoms with van der Waals surface area (Å²) in [7, 11) is 0. The third-order valence-corrected chi connectivity index (χ3v) is 2.35. The van der Waals surface area contributed by atoms with Crippen molar-refractivity contribution in [3.8, 4) is 5.75 Å². The van der Waals surface area contributed by atoms with Gasteiger partial charge < -0.3 is 10.5 Å². The maximum Gasteiger partial charge on any atom is 0.141 e. The summed E-state index contributed by atoms with van der Waals surface area (Å²) in [5, 5.41) is 0. The molecular weight excluding hydrogens is 219 g/mol. The van der Waals surface area contributed by atoms with Crippen molar-refractivity contribution in [2.45, 2.75) is 13.2 Å². The molecular formula is C13H13FN2O. The second-order valence-electron chi connectivity index (χ2n) is 3.61. The largest absolute Gasteiger partial charge is 0.489 e. The molecule has 2 aromatic rings. The Bertz CT molecular complexity index is 502. The lowest BCUT2D eigenvalue weighted by Gasteiger charge is -2.09. The predicted octanol–water partition coefficient (Wildman–Crippen LogP) is 2.26. The molecule has 0 aliphatic rings. The highest BCUT2D eigenvalue weighted by atomic mass is 19.1. The molecule has 17 heavy (non-hydrogen) atoms. The number of halogens is 1. The minimum Gasteiger partial charge on any atom is -0.489 e. The fourth-order valence-electron chi connectivity index (χ4n) is 1.51. The zero-order valence-corrected chi connectivity index (χ0v) is 9.27. The van der Waals surface area contributed by atoms with Crippen LogP contribution in [0.15, 0.2) is 42.7 Å². The van der Waals surface area contributed by atoms with Gasteiger partial charge in [0.25, 0.3) is 0 Å². The Balaban J connectivity index is 2.07. The second-order valence-corrected chi connectivity index (χ2v) is 3.61. The molecule has 0 spiro atoms. The molecule has 1 aromatic carbocycles. The Kier molecular flexibility index (Phi) is 3.67. The third-order valence-electron chi connectivity index (χ3n) is 2.35. The average molecular weight is 232 g/mol. The topological polar surface area (TPSA) is 48.1 Å². The maximum atomic E-state index is 12.9. The van der Waals surface area contributed by atoms with Gasteiger partial charge in [-0.2, -0.15) is 0 Å². The first-order chi connectivity index (χ1) is 8.29. The van der Waals surface area contributed by atoms with Crippen LogP contribution >= 0.6 is 0 Å². The Labute approximate surface area is 99.1 Å². The minimum atomic E-state index is -0.363. The van der Waals surface area contributed by atoms with E-state index in [1.807, 2.05) is 24.3 Å². The number of hydrogen-bond acceptors (Lipinski definition) is 3. The van der Waals surface area contributed by atoms with Gasteiger partial charge in [0.05, 0.1) is 6.20 Å². The molecule has 88 valence electrons. The normalized spacial score (nSPS) is 10.2. The van der Waals surface area contributed by atoms with Crippen molar-refractivity contribution >= 4 is 0 Å². The number of nitrogens with zero attached hydrogens (tertiary/aromatic N) is 1. The summed E-state index contributed by atoms with van der Waals surface area (Å²) >= 11 is 0. The van der Waals surface area contributed by atoms with E-state index in [1.54, 1.807) is 6.20 Å². The van der Waals surface area contributed by atoms with E-state index < -0.39 is 0 Å². The number of benzene rings is 1. The molecule has 3 nitrogen and oxygen atoms in total. The van der Waals surface area contributed by atoms with Gasteiger partial charge in [0.2, 0.25) is 0 Å². The Morgan fingerprint density at radius 2 is 2.06 bits per heavy atom. The molecule has 0 bridgehead atoms. The number of ether oxygens (including phenoxy) is 1. The highest BCUT2D eigenvalue weighted by Gasteiger charge is 2.02. The molecule has 0 radical (unpaired) electrons. The SMILES string of the molecule is NCc1ccccc1OCc1cncc(F)c1. The molecule has 0 aliphatic heterocycles. The monoisotopic (exact) mass is 232 g/mol. The van der Waals surface area contributed by atoms with E-state index in [4.69, 9.17) is 10.5 Å². The summed E-state index contributed by atoms with van der Waals surface area (Å²) in [6, 6.07) is 8.92. The van der Waals surface area contributed by atoms with E-state index in [0.29, 0.717) is 12.1 Å². The van der Waals surface area contributed by atoms with Crippen LogP contribution in [0, 0.1) is 5.82 Å². The predicted molar refractivity (Wildman–Crippen MR) is 62.9 cm³/mol. The lowest BCUT2D eigenvalue weighted by atomic mass is 10.2. The fourth-order valence-corrected chi connectivity index (χ4v) is 1.51. The highest BCUT2D eigenvalue weighted by Crippen LogP contribution is 2.18. The van der Waals surface area contributed by atoms with Crippen LogP contribution in [-0.4, -0.2) is 4.98 Å². The summed E-state index contributed by atoms with van der Waals surface area (Å²) < 4.78 is 18.5. The lowest BCUT2D eigenvalue weighted by Crippen LogP contribution is -2.02. The van der Waals surface area contributed by atoms with Crippen molar-refractivity contribution in [3.05, 3.63) is 59.7 Å². The summed E-state index contributed by atoms with van der Waals surface area (Å²) in [4.78, 5) is 3.76. The molecule has 4 heteroatoms. The van der Waals surface area contributed by atoms with E-state index in [9.17, 15) is 4.39 Å². The van der Waals surface area contributed by atoms with Crippen LogP contribution in [0.3, 0.4) is 0 Å². The summed E-state index contributed by atoms with van der Waals surface area (Å²) in [5.74, 6) is 0.359. The molecule has 2 N–H and O–H groups in total. The fraction of sp³-hybridized carbons (Fsp3) is 0.154. The number of pyridine rings is 1. The van der Waals surface area contributed by atoms with Crippen molar-refractivity contribution in [1.82, 2.24) is 4.98 Å². The maximum absolute atomic E-state index is 12.9. The van der Waals surface area contributed by atoms with Gasteiger partial charge in [-0.3, -0.25) is 4.98 Å². The summed E-state index contributed by atoms with van der Waals surface area (Å²) in [5.41, 5.74) is 7.21. The van der Waals surface area contributed by atoms with Gasteiger partial charge in [0.15, 0.2) is 0 Å². The van der Waals surface area contributed by atoms with Crippen LogP contribution in [0.5, 0.6) is 5.75 Å². The van der Waals surface area contributed by atoms with E-state index in [1.165, 1.54) is 6.07 Å². The highest BCUT2D eigenvalue weighted by molar-refractivity contribution is 5.33. The Hall–Kier alpha value is -1.94. The van der Waals surface area contributed by atoms with Crippen molar-refractivity contribution in [1.29, 1.82) is 0 Å². The Morgan fingerprint density at radius 3 is 2.82 bits per heavy atom. The molecule has 2 rings (SSSR count). The third kappa shape index (κ3) is 3.01. The second kappa shape index (κ2) is 5.41. The quantitative estimate of drug-likeness (QED) is 0.879. The van der Waals surface area contributed by atoms with Crippen LogP contribution in [-0.2, 0) is 13.2 Å². The summed E-state index contributed by atoms with van der Waals surface area (Å²) in [6.45, 7) is 0.694. The Morgan fingerprint density at radius 1 is 1.24 bits per heavy atom. The number of aromatic nitrogens is 1. The van der Waals surface area contributed by atoms with E-state index in [0.717, 1.165) is 17.5 Å². The van der Waals surface area contributed by atoms with Crippen molar-refractivity contribution in [3.63, 3.8) is 0 Å². The van der Waals surface area contributed by atoms with E-state index >= 15 is 0 Å². The van der Waals surface area contributed by atoms with E-state index in [-0.39, 0.29) is 12.4 Å². The standard InChI is InChI=1S/C13H13FN2O/c14-12-5-10(7-16-8-12)9-17-13-4-2-1-3-11(13)6-15/h1-5,7-8H,6,9,15H2. The number of hydrogen-bond donors (Lipinski definition) is 1. The molecule has 0 amide bonds. The minimum absolute atomic E-state index is 0.280. The smallest absolute Gasteiger partial charge is 0.141 e. The van der Waals surface area contributed by atoms with Gasteiger partial charge in [0, 0.05) is 23.9 Å². The van der Waals surface area contributed by atoms with Crippen LogP contribution in [0.2, 0.25) is 0 Å².